The van der Waals surface area contributed by atoms with Gasteiger partial charge in [0.1, 0.15) is 18.2 Å². The molecule has 0 N–H and O–H groups in total. The van der Waals surface area contributed by atoms with Crippen LogP contribution in [0.1, 0.15) is 25.1 Å². The van der Waals surface area contributed by atoms with Gasteiger partial charge >= 0.3 is 0 Å². The summed E-state index contributed by atoms with van der Waals surface area (Å²) in [5.41, 5.74) is 2.04. The third-order valence-corrected chi connectivity index (χ3v) is 5.29. The Bertz CT molecular complexity index is 952. The minimum Gasteiger partial charge on any atom is -0.492 e. The summed E-state index contributed by atoms with van der Waals surface area (Å²) < 4.78 is 8.08. The van der Waals surface area contributed by atoms with E-state index < -0.39 is 0 Å². The van der Waals surface area contributed by atoms with Gasteiger partial charge in [-0.2, -0.15) is 0 Å². The Hall–Kier alpha value is -2.53. The molecular weight excluding hydrogens is 362 g/mol. The molecule has 2 aromatic carbocycles. The summed E-state index contributed by atoms with van der Waals surface area (Å²) in [5.74, 6) is 2.10. The molecule has 1 amide bonds. The first-order valence-corrected chi connectivity index (χ1v) is 9.65. The summed E-state index contributed by atoms with van der Waals surface area (Å²) in [6.45, 7) is 4.69. The number of carbonyl (C=O) groups excluding carboxylic acids is 1. The SMILES string of the molecule is CCN1CC(c2nc3ccccc3n2CCOc2ccc(Cl)cc2)CC1=O. The van der Waals surface area contributed by atoms with Crippen molar-refractivity contribution in [1.82, 2.24) is 14.5 Å². The second-order valence-electron chi connectivity index (χ2n) is 6.75. The van der Waals surface area contributed by atoms with Crippen LogP contribution in [0.3, 0.4) is 0 Å². The molecule has 1 atom stereocenters. The van der Waals surface area contributed by atoms with Crippen LogP contribution in [0.2, 0.25) is 5.02 Å². The second-order valence-corrected chi connectivity index (χ2v) is 7.18. The lowest BCUT2D eigenvalue weighted by Crippen LogP contribution is -2.24. The first-order valence-electron chi connectivity index (χ1n) is 9.27. The fraction of sp³-hybridized carbons (Fsp3) is 0.333. The Morgan fingerprint density at radius 2 is 1.96 bits per heavy atom. The van der Waals surface area contributed by atoms with Gasteiger partial charge in [-0.05, 0) is 43.3 Å². The van der Waals surface area contributed by atoms with Crippen LogP contribution >= 0.6 is 11.6 Å². The highest BCUT2D eigenvalue weighted by Gasteiger charge is 2.33. The van der Waals surface area contributed by atoms with E-state index in [2.05, 4.69) is 10.6 Å². The fourth-order valence-corrected chi connectivity index (χ4v) is 3.80. The van der Waals surface area contributed by atoms with E-state index in [9.17, 15) is 4.79 Å². The van der Waals surface area contributed by atoms with Crippen LogP contribution in [0.5, 0.6) is 5.75 Å². The monoisotopic (exact) mass is 383 g/mol. The Balaban J connectivity index is 1.57. The van der Waals surface area contributed by atoms with Crippen LogP contribution in [-0.4, -0.2) is 40.1 Å². The average molecular weight is 384 g/mol. The molecule has 0 bridgehead atoms. The maximum absolute atomic E-state index is 12.2. The molecule has 0 aliphatic carbocycles. The molecule has 0 spiro atoms. The number of rotatable bonds is 6. The van der Waals surface area contributed by atoms with Crippen LogP contribution in [0, 0.1) is 0 Å². The average Bonchev–Trinajstić information content (AvgIpc) is 3.24. The summed E-state index contributed by atoms with van der Waals surface area (Å²) in [6, 6.07) is 15.5. The molecule has 3 aromatic rings. The lowest BCUT2D eigenvalue weighted by atomic mass is 10.1. The van der Waals surface area contributed by atoms with Gasteiger partial charge in [-0.1, -0.05) is 23.7 Å². The number of para-hydroxylation sites is 2. The maximum Gasteiger partial charge on any atom is 0.223 e. The van der Waals surface area contributed by atoms with E-state index in [1.807, 2.05) is 54.3 Å². The highest BCUT2D eigenvalue weighted by molar-refractivity contribution is 6.30. The Morgan fingerprint density at radius 3 is 2.70 bits per heavy atom. The van der Waals surface area contributed by atoms with E-state index >= 15 is 0 Å². The van der Waals surface area contributed by atoms with E-state index in [0.717, 1.165) is 35.7 Å². The third kappa shape index (κ3) is 3.65. The van der Waals surface area contributed by atoms with Crippen molar-refractivity contribution < 1.29 is 9.53 Å². The zero-order valence-electron chi connectivity index (χ0n) is 15.3. The number of likely N-dealkylation sites (tertiary alicyclic amines) is 1. The molecule has 0 radical (unpaired) electrons. The first kappa shape index (κ1) is 17.9. The van der Waals surface area contributed by atoms with E-state index in [0.29, 0.717) is 24.6 Å². The topological polar surface area (TPSA) is 47.4 Å². The molecule has 1 aliphatic heterocycles. The molecule has 4 rings (SSSR count). The van der Waals surface area contributed by atoms with Crippen LogP contribution in [0.25, 0.3) is 11.0 Å². The maximum atomic E-state index is 12.2. The van der Waals surface area contributed by atoms with Crippen LogP contribution in [0.15, 0.2) is 48.5 Å². The highest BCUT2D eigenvalue weighted by Crippen LogP contribution is 2.30. The van der Waals surface area contributed by atoms with E-state index in [-0.39, 0.29) is 11.8 Å². The number of likely N-dealkylation sites (N-methyl/N-ethyl adjacent to an activating group) is 1. The van der Waals surface area contributed by atoms with Crippen molar-refractivity contribution >= 4 is 28.5 Å². The number of aromatic nitrogens is 2. The Kier molecular flexibility index (Phi) is 5.03. The minimum atomic E-state index is 0.125. The number of hydrogen-bond acceptors (Lipinski definition) is 3. The summed E-state index contributed by atoms with van der Waals surface area (Å²) in [6.07, 6.45) is 0.523. The molecule has 2 heterocycles. The first-order chi connectivity index (χ1) is 13.2. The molecule has 1 aliphatic rings. The van der Waals surface area contributed by atoms with Gasteiger partial charge in [-0.25, -0.2) is 4.98 Å². The number of carbonyl (C=O) groups is 1. The molecule has 5 nitrogen and oxygen atoms in total. The lowest BCUT2D eigenvalue weighted by Gasteiger charge is -2.15. The quantitative estimate of drug-likeness (QED) is 0.643. The molecule has 1 aromatic heterocycles. The standard InChI is InChI=1S/C21H22ClN3O2/c1-2-24-14-15(13-20(24)26)21-23-18-5-3-4-6-19(18)25(21)11-12-27-17-9-7-16(22)8-10-17/h3-10,15H,2,11-14H2,1H3. The molecule has 0 saturated carbocycles. The predicted octanol–water partition coefficient (Wildman–Crippen LogP) is 4.10. The van der Waals surface area contributed by atoms with Crippen molar-refractivity contribution in [2.75, 3.05) is 19.7 Å². The Labute approximate surface area is 163 Å². The highest BCUT2D eigenvalue weighted by atomic mass is 35.5. The van der Waals surface area contributed by atoms with Crippen molar-refractivity contribution in [2.45, 2.75) is 25.8 Å². The van der Waals surface area contributed by atoms with Crippen molar-refractivity contribution in [2.24, 2.45) is 0 Å². The second kappa shape index (κ2) is 7.61. The van der Waals surface area contributed by atoms with Gasteiger partial charge in [0.2, 0.25) is 5.91 Å². The van der Waals surface area contributed by atoms with Crippen LogP contribution in [-0.2, 0) is 11.3 Å². The van der Waals surface area contributed by atoms with Crippen molar-refractivity contribution in [3.05, 3.63) is 59.4 Å². The largest absolute Gasteiger partial charge is 0.492 e. The lowest BCUT2D eigenvalue weighted by molar-refractivity contribution is -0.127. The van der Waals surface area contributed by atoms with Crippen molar-refractivity contribution in [1.29, 1.82) is 0 Å². The number of fused-ring (bicyclic) bond motifs is 1. The number of ether oxygens (including phenoxy) is 1. The smallest absolute Gasteiger partial charge is 0.223 e. The van der Waals surface area contributed by atoms with Gasteiger partial charge in [0.25, 0.3) is 0 Å². The van der Waals surface area contributed by atoms with E-state index in [4.69, 9.17) is 21.3 Å². The number of halogens is 1. The van der Waals surface area contributed by atoms with E-state index in [1.54, 1.807) is 0 Å². The molecule has 6 heteroatoms. The fourth-order valence-electron chi connectivity index (χ4n) is 3.68. The molecular formula is C21H22ClN3O2. The van der Waals surface area contributed by atoms with Gasteiger partial charge in [0, 0.05) is 30.5 Å². The zero-order chi connectivity index (χ0) is 18.8. The van der Waals surface area contributed by atoms with Crippen molar-refractivity contribution in [3.8, 4) is 5.75 Å². The van der Waals surface area contributed by atoms with Gasteiger partial charge in [0.05, 0.1) is 17.6 Å². The molecule has 1 fully saturated rings. The van der Waals surface area contributed by atoms with Crippen molar-refractivity contribution in [3.63, 3.8) is 0 Å². The van der Waals surface area contributed by atoms with Gasteiger partial charge in [-0.15, -0.1) is 0 Å². The molecule has 1 unspecified atom stereocenters. The third-order valence-electron chi connectivity index (χ3n) is 5.04. The van der Waals surface area contributed by atoms with Gasteiger partial charge < -0.3 is 14.2 Å². The number of hydrogen-bond donors (Lipinski definition) is 0. The number of amides is 1. The normalized spacial score (nSPS) is 17.0. The summed E-state index contributed by atoms with van der Waals surface area (Å²) in [4.78, 5) is 18.9. The molecule has 27 heavy (non-hydrogen) atoms. The number of imidazole rings is 1. The van der Waals surface area contributed by atoms with Gasteiger partial charge in [0.15, 0.2) is 0 Å². The number of nitrogens with zero attached hydrogens (tertiary/aromatic N) is 3. The number of benzene rings is 2. The summed E-state index contributed by atoms with van der Waals surface area (Å²) in [7, 11) is 0. The minimum absolute atomic E-state index is 0.125. The Morgan fingerprint density at radius 1 is 1.19 bits per heavy atom. The summed E-state index contributed by atoms with van der Waals surface area (Å²) >= 11 is 5.92. The zero-order valence-corrected chi connectivity index (χ0v) is 16.0. The summed E-state index contributed by atoms with van der Waals surface area (Å²) in [5, 5.41) is 0.691. The van der Waals surface area contributed by atoms with Crippen LogP contribution < -0.4 is 4.74 Å². The van der Waals surface area contributed by atoms with Gasteiger partial charge in [-0.3, -0.25) is 4.79 Å². The van der Waals surface area contributed by atoms with E-state index in [1.165, 1.54) is 0 Å². The van der Waals surface area contributed by atoms with Crippen LogP contribution in [0.4, 0.5) is 0 Å². The predicted molar refractivity (Wildman–Crippen MR) is 106 cm³/mol. The molecule has 1 saturated heterocycles. The molecule has 140 valence electrons.